The second kappa shape index (κ2) is 7.72. The molecule has 0 aliphatic carbocycles. The van der Waals surface area contributed by atoms with Crippen LogP contribution in [0.1, 0.15) is 5.69 Å². The summed E-state index contributed by atoms with van der Waals surface area (Å²) in [6, 6.07) is 12.1. The van der Waals surface area contributed by atoms with Crippen molar-refractivity contribution in [2.24, 2.45) is 0 Å². The summed E-state index contributed by atoms with van der Waals surface area (Å²) >= 11 is 6.20. The van der Waals surface area contributed by atoms with Gasteiger partial charge in [0.1, 0.15) is 18.0 Å². The van der Waals surface area contributed by atoms with Gasteiger partial charge in [0.05, 0.1) is 30.4 Å². The molecule has 0 unspecified atom stereocenters. The van der Waals surface area contributed by atoms with Gasteiger partial charge in [0.15, 0.2) is 5.65 Å². The number of carbonyl (C=O) groups is 1. The molecule has 0 spiro atoms. The van der Waals surface area contributed by atoms with E-state index in [4.69, 9.17) is 21.1 Å². The normalized spacial score (nSPS) is 11.1. The molecule has 0 aliphatic heterocycles. The molecule has 9 heteroatoms. The van der Waals surface area contributed by atoms with Crippen LogP contribution in [0.25, 0.3) is 16.6 Å². The number of para-hydroxylation sites is 1. The first-order valence-electron chi connectivity index (χ1n) is 9.12. The Morgan fingerprint density at radius 3 is 2.60 bits per heavy atom. The number of hydrogen-bond donors (Lipinski definition) is 1. The minimum absolute atomic E-state index is 0.0117. The van der Waals surface area contributed by atoms with Crippen LogP contribution in [0.3, 0.4) is 0 Å². The van der Waals surface area contributed by atoms with E-state index in [-0.39, 0.29) is 18.0 Å². The Morgan fingerprint density at radius 2 is 1.87 bits per heavy atom. The van der Waals surface area contributed by atoms with Gasteiger partial charge in [0.25, 0.3) is 5.56 Å². The van der Waals surface area contributed by atoms with Crippen LogP contribution in [0.15, 0.2) is 47.3 Å². The van der Waals surface area contributed by atoms with Gasteiger partial charge in [-0.05, 0) is 25.1 Å². The number of amides is 1. The second-order valence-electron chi connectivity index (χ2n) is 6.68. The molecule has 154 valence electrons. The molecule has 0 bridgehead atoms. The fraction of sp³-hybridized carbons (Fsp3) is 0.190. The Kier molecular flexibility index (Phi) is 5.09. The van der Waals surface area contributed by atoms with Crippen molar-refractivity contribution in [2.45, 2.75) is 13.5 Å². The molecule has 0 fully saturated rings. The Bertz CT molecular complexity index is 1340. The highest BCUT2D eigenvalue weighted by atomic mass is 35.5. The van der Waals surface area contributed by atoms with Gasteiger partial charge in [-0.3, -0.25) is 14.3 Å². The molecule has 0 saturated heterocycles. The first-order chi connectivity index (χ1) is 14.4. The van der Waals surface area contributed by atoms with Crippen molar-refractivity contribution >= 4 is 39.7 Å². The monoisotopic (exact) mass is 426 g/mol. The third kappa shape index (κ3) is 3.35. The molecular weight excluding hydrogens is 408 g/mol. The second-order valence-corrected chi connectivity index (χ2v) is 7.09. The topological polar surface area (TPSA) is 86.9 Å². The van der Waals surface area contributed by atoms with Crippen molar-refractivity contribution in [3.63, 3.8) is 0 Å². The fourth-order valence-corrected chi connectivity index (χ4v) is 3.75. The van der Waals surface area contributed by atoms with Crippen molar-refractivity contribution in [3.8, 4) is 11.5 Å². The van der Waals surface area contributed by atoms with Crippen molar-refractivity contribution < 1.29 is 14.3 Å². The van der Waals surface area contributed by atoms with Crippen molar-refractivity contribution in [1.82, 2.24) is 14.2 Å². The number of benzene rings is 2. The highest BCUT2D eigenvalue weighted by Crippen LogP contribution is 2.36. The third-order valence-corrected chi connectivity index (χ3v) is 5.08. The van der Waals surface area contributed by atoms with Crippen LogP contribution in [0, 0.1) is 6.92 Å². The molecule has 2 heterocycles. The molecule has 8 nitrogen and oxygen atoms in total. The van der Waals surface area contributed by atoms with Crippen molar-refractivity contribution in [3.05, 3.63) is 63.5 Å². The summed E-state index contributed by atoms with van der Waals surface area (Å²) in [4.78, 5) is 29.0. The number of nitrogens with one attached hydrogen (secondary N) is 1. The van der Waals surface area contributed by atoms with Gasteiger partial charge in [-0.25, -0.2) is 4.52 Å². The lowest BCUT2D eigenvalue weighted by Gasteiger charge is -2.14. The van der Waals surface area contributed by atoms with E-state index >= 15 is 0 Å². The van der Waals surface area contributed by atoms with E-state index in [2.05, 4.69) is 10.3 Å². The zero-order valence-corrected chi connectivity index (χ0v) is 17.4. The number of ether oxygens (including phenoxy) is 2. The Labute approximate surface area is 176 Å². The molecular formula is C21H19ClN4O4. The minimum atomic E-state index is -0.322. The molecule has 2 aromatic heterocycles. The van der Waals surface area contributed by atoms with Crippen LogP contribution < -0.4 is 20.3 Å². The Balaban J connectivity index is 1.75. The summed E-state index contributed by atoms with van der Waals surface area (Å²) in [7, 11) is 3.00. The number of carbonyl (C=O) groups excluding carboxylic acids is 1. The van der Waals surface area contributed by atoms with Crippen LogP contribution in [0.5, 0.6) is 11.5 Å². The number of halogens is 1. The van der Waals surface area contributed by atoms with Gasteiger partial charge in [-0.1, -0.05) is 23.7 Å². The first kappa shape index (κ1) is 19.8. The van der Waals surface area contributed by atoms with Crippen molar-refractivity contribution in [1.29, 1.82) is 0 Å². The molecule has 1 N–H and O–H groups in total. The number of methoxy groups -OCH3 is 2. The molecule has 4 rings (SSSR count). The lowest BCUT2D eigenvalue weighted by molar-refractivity contribution is -0.116. The van der Waals surface area contributed by atoms with E-state index in [0.29, 0.717) is 33.6 Å². The van der Waals surface area contributed by atoms with E-state index in [1.165, 1.54) is 20.3 Å². The molecule has 0 atom stereocenters. The van der Waals surface area contributed by atoms with Crippen LogP contribution in [-0.2, 0) is 11.3 Å². The van der Waals surface area contributed by atoms with E-state index < -0.39 is 0 Å². The van der Waals surface area contributed by atoms with Gasteiger partial charge in [0, 0.05) is 23.2 Å². The number of aromatic nitrogens is 3. The quantitative estimate of drug-likeness (QED) is 0.529. The fourth-order valence-electron chi connectivity index (χ4n) is 3.50. The minimum Gasteiger partial charge on any atom is -0.495 e. The van der Waals surface area contributed by atoms with Crippen LogP contribution in [0.2, 0.25) is 5.02 Å². The first-order valence-corrected chi connectivity index (χ1v) is 9.50. The SMILES string of the molecule is COc1cc(OC)c(NC(=O)Cn2c3ccccc3c3nc(=O)cc(C)n32)cc1Cl. The van der Waals surface area contributed by atoms with Gasteiger partial charge < -0.3 is 14.8 Å². The highest BCUT2D eigenvalue weighted by molar-refractivity contribution is 6.32. The van der Waals surface area contributed by atoms with E-state index in [0.717, 1.165) is 10.9 Å². The van der Waals surface area contributed by atoms with Gasteiger partial charge in [0.2, 0.25) is 5.91 Å². The van der Waals surface area contributed by atoms with Crippen LogP contribution in [0.4, 0.5) is 5.69 Å². The average molecular weight is 427 g/mol. The molecule has 4 aromatic rings. The van der Waals surface area contributed by atoms with Gasteiger partial charge in [-0.2, -0.15) is 4.98 Å². The maximum Gasteiger partial charge on any atom is 0.273 e. The molecule has 0 saturated carbocycles. The van der Waals surface area contributed by atoms with Crippen molar-refractivity contribution in [2.75, 3.05) is 19.5 Å². The summed E-state index contributed by atoms with van der Waals surface area (Å²) in [5.41, 5.74) is 2.08. The van der Waals surface area contributed by atoms with Crippen LogP contribution in [-0.4, -0.2) is 34.3 Å². The summed E-state index contributed by atoms with van der Waals surface area (Å²) in [6.45, 7) is 1.79. The number of fused-ring (bicyclic) bond motifs is 3. The maximum atomic E-state index is 12.9. The predicted octanol–water partition coefficient (Wildman–Crippen LogP) is 3.27. The number of nitrogens with zero attached hydrogens (tertiary/aromatic N) is 3. The highest BCUT2D eigenvalue weighted by Gasteiger charge is 2.17. The summed E-state index contributed by atoms with van der Waals surface area (Å²) in [5, 5.41) is 3.97. The number of aryl methyl sites for hydroxylation is 1. The zero-order chi connectivity index (χ0) is 21.4. The van der Waals surface area contributed by atoms with Crippen LogP contribution >= 0.6 is 11.6 Å². The molecule has 1 amide bonds. The van der Waals surface area contributed by atoms with Gasteiger partial charge >= 0.3 is 0 Å². The third-order valence-electron chi connectivity index (χ3n) is 4.79. The summed E-state index contributed by atoms with van der Waals surface area (Å²) in [6.07, 6.45) is 0. The molecule has 0 radical (unpaired) electrons. The maximum absolute atomic E-state index is 12.9. The molecule has 30 heavy (non-hydrogen) atoms. The molecule has 2 aromatic carbocycles. The smallest absolute Gasteiger partial charge is 0.273 e. The Hall–Kier alpha value is -3.52. The average Bonchev–Trinajstić information content (AvgIpc) is 3.02. The molecule has 0 aliphatic rings. The summed E-state index contributed by atoms with van der Waals surface area (Å²) < 4.78 is 14.1. The summed E-state index contributed by atoms with van der Waals surface area (Å²) in [5.74, 6) is 0.572. The van der Waals surface area contributed by atoms with E-state index in [1.54, 1.807) is 28.3 Å². The predicted molar refractivity (Wildman–Crippen MR) is 115 cm³/mol. The standard InChI is InChI=1S/C21H19ClN4O4/c1-12-8-19(27)24-21-13-6-4-5-7-16(13)25(26(12)21)11-20(28)23-15-9-14(22)17(29-2)10-18(15)30-3/h4-10H,11H2,1-3H3,(H,23,28). The Morgan fingerprint density at radius 1 is 1.13 bits per heavy atom. The number of rotatable bonds is 5. The lowest BCUT2D eigenvalue weighted by Crippen LogP contribution is -2.23. The largest absolute Gasteiger partial charge is 0.495 e. The van der Waals surface area contributed by atoms with E-state index in [9.17, 15) is 9.59 Å². The number of hydrogen-bond acceptors (Lipinski definition) is 5. The number of anilines is 1. The van der Waals surface area contributed by atoms with Gasteiger partial charge in [-0.15, -0.1) is 0 Å². The lowest BCUT2D eigenvalue weighted by atomic mass is 10.2. The van der Waals surface area contributed by atoms with E-state index in [1.807, 2.05) is 24.3 Å². The zero-order valence-electron chi connectivity index (χ0n) is 16.6.